The lowest BCUT2D eigenvalue weighted by Gasteiger charge is -2.40. The number of nitrogens with zero attached hydrogens (tertiary/aromatic N) is 1. The van der Waals surface area contributed by atoms with Crippen molar-refractivity contribution in [1.29, 1.82) is 0 Å². The van der Waals surface area contributed by atoms with Gasteiger partial charge in [-0.2, -0.15) is 0 Å². The van der Waals surface area contributed by atoms with E-state index in [4.69, 9.17) is 16.3 Å². The fourth-order valence-corrected chi connectivity index (χ4v) is 5.44. The van der Waals surface area contributed by atoms with Crippen LogP contribution in [0.25, 0.3) is 10.1 Å². The summed E-state index contributed by atoms with van der Waals surface area (Å²) in [6, 6.07) is 13.2. The minimum Gasteiger partial charge on any atom is -0.494 e. The molecule has 1 fully saturated rings. The van der Waals surface area contributed by atoms with Gasteiger partial charge in [0, 0.05) is 15.3 Å². The highest BCUT2D eigenvalue weighted by atomic mass is 35.5. The highest BCUT2D eigenvalue weighted by Crippen LogP contribution is 2.43. The molecule has 2 atom stereocenters. The van der Waals surface area contributed by atoms with Crippen molar-refractivity contribution in [1.82, 2.24) is 4.90 Å². The monoisotopic (exact) mass is 429 g/mol. The Morgan fingerprint density at radius 2 is 2.10 bits per heavy atom. The standard InChI is InChI=1S/C23H24ClNO3S/c1-2-28-20-11-10-15(24)13-17(20)22(25-12-6-5-8-19(25)23(26)27)18-14-29-21-9-4-3-7-16(18)21/h3-4,7,9-11,13-14,19,22H,2,5-6,8,12H2,1H3,(H,26,27). The van der Waals surface area contributed by atoms with Gasteiger partial charge >= 0.3 is 5.97 Å². The maximum Gasteiger partial charge on any atom is 0.320 e. The summed E-state index contributed by atoms with van der Waals surface area (Å²) in [4.78, 5) is 14.2. The largest absolute Gasteiger partial charge is 0.494 e. The van der Waals surface area contributed by atoms with Gasteiger partial charge in [-0.1, -0.05) is 36.2 Å². The number of carboxylic acids is 1. The fraction of sp³-hybridized carbons (Fsp3) is 0.348. The van der Waals surface area contributed by atoms with Gasteiger partial charge in [-0.05, 0) is 66.9 Å². The molecule has 0 spiro atoms. The van der Waals surface area contributed by atoms with Crippen LogP contribution in [0.2, 0.25) is 5.02 Å². The summed E-state index contributed by atoms with van der Waals surface area (Å²) >= 11 is 8.08. The van der Waals surface area contributed by atoms with E-state index in [1.165, 1.54) is 4.70 Å². The third kappa shape index (κ3) is 4.00. The van der Waals surface area contributed by atoms with Crippen molar-refractivity contribution in [3.8, 4) is 5.75 Å². The average Bonchev–Trinajstić information content (AvgIpc) is 3.14. The Balaban J connectivity index is 1.93. The Labute approximate surface area is 179 Å². The second-order valence-electron chi connectivity index (χ2n) is 7.29. The number of carboxylic acid groups (broad SMARTS) is 1. The van der Waals surface area contributed by atoms with E-state index in [1.54, 1.807) is 11.3 Å². The summed E-state index contributed by atoms with van der Waals surface area (Å²) < 4.78 is 7.13. The molecule has 3 aromatic rings. The summed E-state index contributed by atoms with van der Waals surface area (Å²) in [5.41, 5.74) is 2.04. The molecular formula is C23H24ClNO3S. The average molecular weight is 430 g/mol. The summed E-state index contributed by atoms with van der Waals surface area (Å²) in [5.74, 6) is -0.0129. The van der Waals surface area contributed by atoms with Gasteiger partial charge in [-0.15, -0.1) is 11.3 Å². The summed E-state index contributed by atoms with van der Waals surface area (Å²) in [5, 5.41) is 13.9. The van der Waals surface area contributed by atoms with Crippen LogP contribution in [0.4, 0.5) is 0 Å². The van der Waals surface area contributed by atoms with Gasteiger partial charge in [0.05, 0.1) is 12.6 Å². The number of ether oxygens (including phenoxy) is 1. The van der Waals surface area contributed by atoms with Crippen molar-refractivity contribution < 1.29 is 14.6 Å². The second-order valence-corrected chi connectivity index (χ2v) is 8.64. The molecule has 4 nitrogen and oxygen atoms in total. The quantitative estimate of drug-likeness (QED) is 0.523. The molecule has 1 aliphatic heterocycles. The number of hydrogen-bond donors (Lipinski definition) is 1. The molecule has 1 aromatic heterocycles. The van der Waals surface area contributed by atoms with Crippen LogP contribution in [-0.2, 0) is 4.79 Å². The molecule has 0 radical (unpaired) electrons. The van der Waals surface area contributed by atoms with Gasteiger partial charge in [0.1, 0.15) is 11.8 Å². The Kier molecular flexibility index (Phi) is 6.09. The van der Waals surface area contributed by atoms with Crippen molar-refractivity contribution in [3.63, 3.8) is 0 Å². The SMILES string of the molecule is CCOc1ccc(Cl)cc1C(c1csc2ccccc12)N1CCCCC1C(=O)O. The van der Waals surface area contributed by atoms with E-state index in [-0.39, 0.29) is 6.04 Å². The molecule has 2 heterocycles. The zero-order valence-electron chi connectivity index (χ0n) is 16.3. The first kappa shape index (κ1) is 20.2. The van der Waals surface area contributed by atoms with Crippen molar-refractivity contribution in [2.75, 3.05) is 13.2 Å². The third-order valence-corrected chi connectivity index (χ3v) is 6.75. The van der Waals surface area contributed by atoms with E-state index in [0.717, 1.165) is 41.6 Å². The van der Waals surface area contributed by atoms with Crippen molar-refractivity contribution in [2.45, 2.75) is 38.3 Å². The molecule has 0 saturated carbocycles. The van der Waals surface area contributed by atoms with E-state index < -0.39 is 12.0 Å². The van der Waals surface area contributed by atoms with Gasteiger partial charge in [-0.3, -0.25) is 9.69 Å². The van der Waals surface area contributed by atoms with Crippen LogP contribution >= 0.6 is 22.9 Å². The van der Waals surface area contributed by atoms with E-state index in [2.05, 4.69) is 22.4 Å². The minimum atomic E-state index is -0.769. The van der Waals surface area contributed by atoms with E-state index in [0.29, 0.717) is 18.1 Å². The topological polar surface area (TPSA) is 49.8 Å². The minimum absolute atomic E-state index is 0.229. The summed E-state index contributed by atoms with van der Waals surface area (Å²) in [6.45, 7) is 3.21. The van der Waals surface area contributed by atoms with Crippen LogP contribution in [0.15, 0.2) is 47.8 Å². The predicted octanol–water partition coefficient (Wildman–Crippen LogP) is 5.98. The highest BCUT2D eigenvalue weighted by Gasteiger charge is 2.37. The maximum atomic E-state index is 12.1. The molecular weight excluding hydrogens is 406 g/mol. The van der Waals surface area contributed by atoms with Crippen LogP contribution in [-0.4, -0.2) is 35.2 Å². The summed E-state index contributed by atoms with van der Waals surface area (Å²) in [7, 11) is 0. The van der Waals surface area contributed by atoms with Crippen LogP contribution in [0.5, 0.6) is 5.75 Å². The van der Waals surface area contributed by atoms with Gasteiger partial charge in [0.15, 0.2) is 0 Å². The lowest BCUT2D eigenvalue weighted by atomic mass is 9.91. The Morgan fingerprint density at radius 3 is 2.90 bits per heavy atom. The molecule has 0 amide bonds. The number of fused-ring (bicyclic) bond motifs is 1. The van der Waals surface area contributed by atoms with Crippen molar-refractivity contribution >= 4 is 39.0 Å². The van der Waals surface area contributed by atoms with E-state index >= 15 is 0 Å². The molecule has 2 unspecified atom stereocenters. The smallest absolute Gasteiger partial charge is 0.320 e. The molecule has 6 heteroatoms. The first-order chi connectivity index (χ1) is 14.1. The molecule has 1 N–H and O–H groups in total. The molecule has 4 rings (SSSR count). The van der Waals surface area contributed by atoms with Crippen molar-refractivity contribution in [3.05, 3.63) is 64.0 Å². The first-order valence-corrected chi connectivity index (χ1v) is 11.2. The number of piperidine rings is 1. The number of halogens is 1. The summed E-state index contributed by atoms with van der Waals surface area (Å²) in [6.07, 6.45) is 2.56. The number of likely N-dealkylation sites (tertiary alicyclic amines) is 1. The molecule has 1 aliphatic rings. The Hall–Kier alpha value is -2.08. The van der Waals surface area contributed by atoms with E-state index in [1.807, 2.05) is 37.3 Å². The Bertz CT molecular complexity index is 1020. The maximum absolute atomic E-state index is 12.1. The Morgan fingerprint density at radius 1 is 1.28 bits per heavy atom. The highest BCUT2D eigenvalue weighted by molar-refractivity contribution is 7.17. The second kappa shape index (κ2) is 8.74. The molecule has 2 aromatic carbocycles. The van der Waals surface area contributed by atoms with Crippen molar-refractivity contribution in [2.24, 2.45) is 0 Å². The lowest BCUT2D eigenvalue weighted by molar-refractivity contribution is -0.145. The van der Waals surface area contributed by atoms with Crippen LogP contribution in [0.1, 0.15) is 43.4 Å². The van der Waals surface area contributed by atoms with Gasteiger partial charge in [0.25, 0.3) is 0 Å². The van der Waals surface area contributed by atoms with Crippen LogP contribution < -0.4 is 4.74 Å². The number of benzene rings is 2. The zero-order valence-corrected chi connectivity index (χ0v) is 17.9. The van der Waals surface area contributed by atoms with Gasteiger partial charge < -0.3 is 9.84 Å². The number of hydrogen-bond acceptors (Lipinski definition) is 4. The molecule has 152 valence electrons. The first-order valence-electron chi connectivity index (χ1n) is 9.97. The van der Waals surface area contributed by atoms with E-state index in [9.17, 15) is 9.90 Å². The van der Waals surface area contributed by atoms with Gasteiger partial charge in [-0.25, -0.2) is 0 Å². The molecule has 29 heavy (non-hydrogen) atoms. The number of rotatable bonds is 6. The predicted molar refractivity (Wildman–Crippen MR) is 118 cm³/mol. The fourth-order valence-electron chi connectivity index (χ4n) is 4.28. The normalized spacial score (nSPS) is 18.6. The number of carbonyl (C=O) groups is 1. The zero-order chi connectivity index (χ0) is 20.4. The molecule has 0 bridgehead atoms. The molecule has 0 aliphatic carbocycles. The van der Waals surface area contributed by atoms with Gasteiger partial charge in [0.2, 0.25) is 0 Å². The lowest BCUT2D eigenvalue weighted by Crippen LogP contribution is -2.46. The number of thiophene rings is 1. The van der Waals surface area contributed by atoms with Crippen LogP contribution in [0, 0.1) is 0 Å². The van der Waals surface area contributed by atoms with Crippen LogP contribution in [0.3, 0.4) is 0 Å². The third-order valence-electron chi connectivity index (χ3n) is 5.53. The number of aliphatic carboxylic acids is 1. The molecule has 1 saturated heterocycles.